The van der Waals surface area contributed by atoms with Crippen molar-refractivity contribution >= 4 is 18.0 Å². The highest BCUT2D eigenvalue weighted by Gasteiger charge is 2.46. The van der Waals surface area contributed by atoms with Crippen LogP contribution >= 0.6 is 0 Å². The van der Waals surface area contributed by atoms with Gasteiger partial charge in [-0.1, -0.05) is 58.5 Å². The lowest BCUT2D eigenvalue weighted by Crippen LogP contribution is -2.59. The van der Waals surface area contributed by atoms with E-state index in [1.54, 1.807) is 81.1 Å². The van der Waals surface area contributed by atoms with Crippen molar-refractivity contribution in [1.82, 2.24) is 9.80 Å². The third-order valence-corrected chi connectivity index (χ3v) is 7.67. The Morgan fingerprint density at radius 3 is 1.69 bits per heavy atom. The number of piperazine rings is 1. The molecule has 5 atom stereocenters. The van der Waals surface area contributed by atoms with Crippen molar-refractivity contribution < 1.29 is 58.5 Å². The quantitative estimate of drug-likeness (QED) is 0.211. The fraction of sp³-hybridized carbons (Fsp3) is 0.514. The first-order chi connectivity index (χ1) is 23.2. The summed E-state index contributed by atoms with van der Waals surface area (Å²) in [6.07, 6.45) is -7.54. The molecule has 0 aliphatic carbocycles. The number of aliphatic hydroxyl groups is 4. The molecule has 2 aliphatic rings. The maximum absolute atomic E-state index is 12.1. The largest absolute Gasteiger partial charge is 0.510 e. The summed E-state index contributed by atoms with van der Waals surface area (Å²) in [5.41, 5.74) is 1.60. The van der Waals surface area contributed by atoms with Gasteiger partial charge in [0.25, 0.3) is 0 Å². The molecule has 0 aromatic heterocycles. The molecule has 1 amide bonds. The van der Waals surface area contributed by atoms with E-state index in [1.165, 1.54) is 0 Å². The molecule has 0 bridgehead atoms. The van der Waals surface area contributed by atoms with Crippen molar-refractivity contribution in [2.75, 3.05) is 33.2 Å². The number of esters is 2. The first kappa shape index (κ1) is 39.2. The van der Waals surface area contributed by atoms with Gasteiger partial charge in [0.2, 0.25) is 6.29 Å². The molecule has 0 spiro atoms. The predicted molar refractivity (Wildman–Crippen MR) is 176 cm³/mol. The van der Waals surface area contributed by atoms with Crippen molar-refractivity contribution in [3.63, 3.8) is 0 Å². The number of carbonyl (C=O) groups excluding carboxylic acids is 3. The molecule has 0 saturated carbocycles. The molecular formula is C35H48N2O12. The average Bonchev–Trinajstić information content (AvgIpc) is 3.07. The summed E-state index contributed by atoms with van der Waals surface area (Å²) in [6, 6.07) is 13.5. The Balaban J connectivity index is 0.000000267. The Hall–Kier alpha value is -4.21. The molecule has 2 heterocycles. The third kappa shape index (κ3) is 12.0. The molecule has 0 unspecified atom stereocenters. The number of likely N-dealkylation sites (N-methyl/N-ethyl adjacent to an activating group) is 1. The van der Waals surface area contributed by atoms with Gasteiger partial charge in [-0.25, -0.2) is 4.79 Å². The Kier molecular flexibility index (Phi) is 14.8. The van der Waals surface area contributed by atoms with Crippen LogP contribution in [-0.2, 0) is 37.0 Å². The van der Waals surface area contributed by atoms with E-state index in [0.717, 1.165) is 24.2 Å². The molecule has 2 aliphatic heterocycles. The lowest BCUT2D eigenvalue weighted by Gasteiger charge is -2.39. The van der Waals surface area contributed by atoms with Gasteiger partial charge in [-0.3, -0.25) is 9.59 Å². The van der Waals surface area contributed by atoms with Crippen molar-refractivity contribution in [3.8, 4) is 11.5 Å². The topological polar surface area (TPSA) is 185 Å². The number of nitrogens with zero attached hydrogens (tertiary/aromatic N) is 2. The van der Waals surface area contributed by atoms with E-state index < -0.39 is 36.5 Å². The second-order valence-corrected chi connectivity index (χ2v) is 12.5. The van der Waals surface area contributed by atoms with Crippen molar-refractivity contribution in [2.24, 2.45) is 11.8 Å². The maximum atomic E-state index is 12.1. The molecule has 4 rings (SSSR count). The predicted octanol–water partition coefficient (Wildman–Crippen LogP) is 2.78. The fourth-order valence-electron chi connectivity index (χ4n) is 4.47. The van der Waals surface area contributed by atoms with Gasteiger partial charge in [0.15, 0.2) is 0 Å². The van der Waals surface area contributed by atoms with Crippen molar-refractivity contribution in [2.45, 2.75) is 71.6 Å². The van der Waals surface area contributed by atoms with Gasteiger partial charge in [-0.15, -0.1) is 0 Å². The minimum absolute atomic E-state index is 0.122. The lowest BCUT2D eigenvalue weighted by molar-refractivity contribution is -0.268. The van der Waals surface area contributed by atoms with Crippen LogP contribution in [0, 0.1) is 11.8 Å². The number of hydrogen-bond donors (Lipinski definition) is 4. The fourth-order valence-corrected chi connectivity index (χ4v) is 4.47. The molecule has 2 saturated heterocycles. The van der Waals surface area contributed by atoms with Crippen LogP contribution in [0.2, 0.25) is 0 Å². The molecule has 14 heteroatoms. The van der Waals surface area contributed by atoms with E-state index in [9.17, 15) is 34.8 Å². The van der Waals surface area contributed by atoms with E-state index in [4.69, 9.17) is 23.7 Å². The second-order valence-electron chi connectivity index (χ2n) is 12.5. The summed E-state index contributed by atoms with van der Waals surface area (Å²) < 4.78 is 26.4. The number of amides is 1. The number of ether oxygens (including phenoxy) is 5. The summed E-state index contributed by atoms with van der Waals surface area (Å²) >= 11 is 0. The summed E-state index contributed by atoms with van der Waals surface area (Å²) in [6.45, 7) is 13.8. The van der Waals surface area contributed by atoms with Crippen LogP contribution in [0.1, 0.15) is 38.8 Å². The second kappa shape index (κ2) is 18.5. The van der Waals surface area contributed by atoms with E-state index in [-0.39, 0.29) is 43.1 Å². The first-order valence-corrected chi connectivity index (χ1v) is 16.1. The van der Waals surface area contributed by atoms with Crippen LogP contribution < -0.4 is 9.47 Å². The average molecular weight is 689 g/mol. The zero-order valence-electron chi connectivity index (χ0n) is 28.6. The van der Waals surface area contributed by atoms with Crippen LogP contribution in [0.4, 0.5) is 4.79 Å². The van der Waals surface area contributed by atoms with Crippen molar-refractivity contribution in [3.05, 3.63) is 72.0 Å². The molecule has 0 radical (unpaired) electrons. The standard InChI is InChI=1S/C18H24O8.C17H24N2O4/c1-9(2)17(23)24-8-11-4-6-12(7-5-11)25-18-15(22)13(20)14(21)16(26-18)10(3)19;1-13(2)16(20)22-12-14-4-6-15(7-5-14)23-17(21)19-10-8-18(3)9-11-19/h4-7,9,13-16,18-22H,3,8H2,1-2H3;4-7,13H,8-12H2,1-3H3/t13-,14-,15+,16+,18+;/m0./s1. The van der Waals surface area contributed by atoms with E-state index >= 15 is 0 Å². The molecule has 2 fully saturated rings. The molecule has 2 aromatic rings. The first-order valence-electron chi connectivity index (χ1n) is 16.1. The van der Waals surface area contributed by atoms with Crippen LogP contribution in [0.25, 0.3) is 0 Å². The maximum Gasteiger partial charge on any atom is 0.415 e. The summed E-state index contributed by atoms with van der Waals surface area (Å²) in [5.74, 6) is -0.550. The van der Waals surface area contributed by atoms with Gasteiger partial charge in [0.05, 0.1) is 11.8 Å². The number of benzene rings is 2. The summed E-state index contributed by atoms with van der Waals surface area (Å²) in [7, 11) is 2.04. The SMILES string of the molecule is C=C(O)[C@H]1O[C@@H](Oc2ccc(COC(=O)C(C)C)cc2)[C@H](O)[C@@H](O)[C@@H]1O.CC(C)C(=O)OCc1ccc(OC(=O)N2CCN(C)CC2)cc1. The molecular weight excluding hydrogens is 640 g/mol. The number of rotatable bonds is 10. The van der Waals surface area contributed by atoms with Gasteiger partial charge < -0.3 is 53.9 Å². The van der Waals surface area contributed by atoms with Crippen LogP contribution in [0.3, 0.4) is 0 Å². The van der Waals surface area contributed by atoms with Crippen molar-refractivity contribution in [1.29, 1.82) is 0 Å². The molecule has 2 aromatic carbocycles. The van der Waals surface area contributed by atoms with Crippen LogP contribution in [-0.4, -0.2) is 112 Å². The highest BCUT2D eigenvalue weighted by molar-refractivity contribution is 5.72. The molecule has 14 nitrogen and oxygen atoms in total. The van der Waals surface area contributed by atoms with Crippen LogP contribution in [0.5, 0.6) is 11.5 Å². The van der Waals surface area contributed by atoms with Gasteiger partial charge in [-0.05, 0) is 42.4 Å². The third-order valence-electron chi connectivity index (χ3n) is 7.67. The monoisotopic (exact) mass is 688 g/mol. The zero-order chi connectivity index (χ0) is 36.2. The number of aliphatic hydroxyl groups excluding tert-OH is 4. The minimum atomic E-state index is -1.57. The van der Waals surface area contributed by atoms with Gasteiger partial charge in [0, 0.05) is 26.2 Å². The number of hydrogen-bond acceptors (Lipinski definition) is 13. The highest BCUT2D eigenvalue weighted by atomic mass is 16.7. The summed E-state index contributed by atoms with van der Waals surface area (Å²) in [5, 5.41) is 39.1. The van der Waals surface area contributed by atoms with Gasteiger partial charge in [-0.2, -0.15) is 0 Å². The van der Waals surface area contributed by atoms with E-state index in [2.05, 4.69) is 11.5 Å². The molecule has 4 N–H and O–H groups in total. The summed E-state index contributed by atoms with van der Waals surface area (Å²) in [4.78, 5) is 38.8. The van der Waals surface area contributed by atoms with E-state index in [1.807, 2.05) is 7.05 Å². The normalized spacial score (nSPS) is 22.5. The Morgan fingerprint density at radius 2 is 1.24 bits per heavy atom. The Morgan fingerprint density at radius 1 is 0.776 bits per heavy atom. The smallest absolute Gasteiger partial charge is 0.415 e. The Bertz CT molecular complexity index is 1370. The lowest BCUT2D eigenvalue weighted by atomic mass is 9.98. The van der Waals surface area contributed by atoms with Gasteiger partial charge >= 0.3 is 18.0 Å². The minimum Gasteiger partial charge on any atom is -0.510 e. The highest BCUT2D eigenvalue weighted by Crippen LogP contribution is 2.27. The van der Waals surface area contributed by atoms with Gasteiger partial charge in [0.1, 0.15) is 54.9 Å². The van der Waals surface area contributed by atoms with E-state index in [0.29, 0.717) is 24.6 Å². The zero-order valence-corrected chi connectivity index (χ0v) is 28.6. The Labute approximate surface area is 286 Å². The molecule has 49 heavy (non-hydrogen) atoms. The van der Waals surface area contributed by atoms with Crippen LogP contribution in [0.15, 0.2) is 60.9 Å². The number of carbonyl (C=O) groups is 3. The molecule has 270 valence electrons.